The topological polar surface area (TPSA) is 51.9 Å². The van der Waals surface area contributed by atoms with Crippen LogP contribution in [-0.2, 0) is 24.3 Å². The van der Waals surface area contributed by atoms with Crippen molar-refractivity contribution in [3.05, 3.63) is 53.7 Å². The lowest BCUT2D eigenvalue weighted by atomic mass is 10.1. The first kappa shape index (κ1) is 15.0. The van der Waals surface area contributed by atoms with Gasteiger partial charge in [0.25, 0.3) is 0 Å². The molecule has 1 aromatic carbocycles. The van der Waals surface area contributed by atoms with Crippen molar-refractivity contribution in [3.63, 3.8) is 0 Å². The maximum atomic E-state index is 12.5. The van der Waals surface area contributed by atoms with Crippen molar-refractivity contribution in [2.45, 2.75) is 45.8 Å². The van der Waals surface area contributed by atoms with E-state index in [1.54, 1.807) is 0 Å². The Morgan fingerprint density at radius 2 is 2.17 bits per heavy atom. The molecule has 0 saturated heterocycles. The molecule has 1 amide bonds. The average Bonchev–Trinajstić information content (AvgIpc) is 3.06. The van der Waals surface area contributed by atoms with Gasteiger partial charge < -0.3 is 14.5 Å². The first-order valence-corrected chi connectivity index (χ1v) is 8.47. The summed E-state index contributed by atoms with van der Waals surface area (Å²) < 4.78 is 4.25. The number of rotatable bonds is 3. The van der Waals surface area contributed by atoms with Crippen LogP contribution in [0.2, 0.25) is 0 Å². The predicted octanol–water partition coefficient (Wildman–Crippen LogP) is 2.59. The first-order chi connectivity index (χ1) is 11.6. The lowest BCUT2D eigenvalue weighted by molar-refractivity contribution is -0.122. The van der Waals surface area contributed by atoms with Crippen molar-refractivity contribution in [2.24, 2.45) is 0 Å². The molecule has 124 valence electrons. The van der Waals surface area contributed by atoms with Gasteiger partial charge in [-0.1, -0.05) is 18.2 Å². The summed E-state index contributed by atoms with van der Waals surface area (Å²) in [6, 6.07) is 10.5. The molecular formula is C19H22N4O. The number of benzene rings is 1. The summed E-state index contributed by atoms with van der Waals surface area (Å²) in [5, 5.41) is 4.37. The van der Waals surface area contributed by atoms with Crippen LogP contribution in [0.5, 0.6) is 0 Å². The number of nitrogens with one attached hydrogen (secondary N) is 1. The number of fused-ring (bicyclic) bond motifs is 2. The van der Waals surface area contributed by atoms with Crippen molar-refractivity contribution < 1.29 is 4.79 Å². The summed E-state index contributed by atoms with van der Waals surface area (Å²) >= 11 is 0. The van der Waals surface area contributed by atoms with Gasteiger partial charge in [-0.15, -0.1) is 0 Å². The molecule has 24 heavy (non-hydrogen) atoms. The van der Waals surface area contributed by atoms with E-state index in [2.05, 4.69) is 50.8 Å². The molecule has 0 saturated carbocycles. The van der Waals surface area contributed by atoms with Crippen LogP contribution in [-0.4, -0.2) is 26.1 Å². The van der Waals surface area contributed by atoms with E-state index in [0.29, 0.717) is 6.54 Å². The van der Waals surface area contributed by atoms with Crippen molar-refractivity contribution >= 4 is 16.8 Å². The highest BCUT2D eigenvalue weighted by Crippen LogP contribution is 2.19. The highest BCUT2D eigenvalue weighted by atomic mass is 16.2. The van der Waals surface area contributed by atoms with Crippen LogP contribution in [0.1, 0.15) is 23.6 Å². The second-order valence-electron chi connectivity index (χ2n) is 6.68. The molecule has 1 atom stereocenters. The fraction of sp³-hybridized carbons (Fsp3) is 0.368. The minimum absolute atomic E-state index is 0.0738. The van der Waals surface area contributed by atoms with Gasteiger partial charge in [0.05, 0.1) is 5.69 Å². The van der Waals surface area contributed by atoms with Gasteiger partial charge in [-0.3, -0.25) is 4.79 Å². The Bertz CT molecular complexity index is 905. The fourth-order valence-electron chi connectivity index (χ4n) is 3.68. The van der Waals surface area contributed by atoms with Gasteiger partial charge in [-0.25, -0.2) is 4.98 Å². The SMILES string of the molecule is Cc1cn2c(n1)CC[C@H](NC(=O)Cn1c(C)cc3ccccc31)C2. The first-order valence-electron chi connectivity index (χ1n) is 8.47. The number of carbonyl (C=O) groups is 1. The third kappa shape index (κ3) is 2.70. The molecular weight excluding hydrogens is 300 g/mol. The van der Waals surface area contributed by atoms with Gasteiger partial charge in [0, 0.05) is 36.4 Å². The van der Waals surface area contributed by atoms with Crippen LogP contribution in [0, 0.1) is 13.8 Å². The summed E-state index contributed by atoms with van der Waals surface area (Å²) in [5.74, 6) is 1.20. The highest BCUT2D eigenvalue weighted by Gasteiger charge is 2.21. The van der Waals surface area contributed by atoms with Gasteiger partial charge >= 0.3 is 0 Å². The molecule has 1 aliphatic heterocycles. The molecule has 1 N–H and O–H groups in total. The van der Waals surface area contributed by atoms with Crippen molar-refractivity contribution in [3.8, 4) is 0 Å². The molecule has 0 unspecified atom stereocenters. The van der Waals surface area contributed by atoms with Crippen LogP contribution >= 0.6 is 0 Å². The van der Waals surface area contributed by atoms with Crippen LogP contribution in [0.4, 0.5) is 0 Å². The van der Waals surface area contributed by atoms with Crippen LogP contribution in [0.3, 0.4) is 0 Å². The zero-order valence-corrected chi connectivity index (χ0v) is 14.1. The molecule has 1 aliphatic rings. The number of hydrogen-bond acceptors (Lipinski definition) is 2. The number of aromatic nitrogens is 3. The Labute approximate surface area is 141 Å². The van der Waals surface area contributed by atoms with E-state index in [4.69, 9.17) is 0 Å². The van der Waals surface area contributed by atoms with E-state index in [-0.39, 0.29) is 11.9 Å². The lowest BCUT2D eigenvalue weighted by Crippen LogP contribution is -2.42. The molecule has 3 aromatic rings. The van der Waals surface area contributed by atoms with Crippen LogP contribution < -0.4 is 5.32 Å². The van der Waals surface area contributed by atoms with E-state index >= 15 is 0 Å². The summed E-state index contributed by atoms with van der Waals surface area (Å²) in [6.07, 6.45) is 3.94. The number of nitrogens with zero attached hydrogens (tertiary/aromatic N) is 3. The summed E-state index contributed by atoms with van der Waals surface area (Å²) in [5.41, 5.74) is 3.27. The van der Waals surface area contributed by atoms with Gasteiger partial charge in [-0.2, -0.15) is 0 Å². The normalized spacial score (nSPS) is 17.0. The number of aryl methyl sites for hydroxylation is 3. The van der Waals surface area contributed by atoms with E-state index < -0.39 is 0 Å². The fourth-order valence-corrected chi connectivity index (χ4v) is 3.68. The van der Waals surface area contributed by atoms with Crippen molar-refractivity contribution in [1.82, 2.24) is 19.4 Å². The largest absolute Gasteiger partial charge is 0.350 e. The standard InChI is InChI=1S/C19H22N4O/c1-13-10-22-11-16(7-8-18(22)20-13)21-19(24)12-23-14(2)9-15-5-3-4-6-17(15)23/h3-6,9-10,16H,7-8,11-12H2,1-2H3,(H,21,24)/t16-/m0/s1. The Balaban J connectivity index is 1.46. The molecule has 0 spiro atoms. The molecule has 3 heterocycles. The molecule has 5 heteroatoms. The lowest BCUT2D eigenvalue weighted by Gasteiger charge is -2.25. The number of hydrogen-bond donors (Lipinski definition) is 1. The third-order valence-corrected chi connectivity index (χ3v) is 4.80. The Morgan fingerprint density at radius 3 is 3.04 bits per heavy atom. The number of para-hydroxylation sites is 1. The summed E-state index contributed by atoms with van der Waals surface area (Å²) in [4.78, 5) is 17.1. The molecule has 0 aliphatic carbocycles. The van der Waals surface area contributed by atoms with Gasteiger partial charge in [0.15, 0.2) is 0 Å². The summed E-state index contributed by atoms with van der Waals surface area (Å²) in [7, 11) is 0. The number of imidazole rings is 1. The zero-order chi connectivity index (χ0) is 16.7. The zero-order valence-electron chi connectivity index (χ0n) is 14.1. The maximum Gasteiger partial charge on any atom is 0.240 e. The van der Waals surface area contributed by atoms with Crippen molar-refractivity contribution in [2.75, 3.05) is 0 Å². The second-order valence-corrected chi connectivity index (χ2v) is 6.68. The molecule has 2 aromatic heterocycles. The molecule has 0 fully saturated rings. The van der Waals surface area contributed by atoms with E-state index in [1.165, 1.54) is 5.39 Å². The minimum atomic E-state index is 0.0738. The summed E-state index contributed by atoms with van der Waals surface area (Å²) in [6.45, 7) is 5.24. The van der Waals surface area contributed by atoms with E-state index in [1.807, 2.05) is 19.1 Å². The Kier molecular flexibility index (Phi) is 3.63. The van der Waals surface area contributed by atoms with Gasteiger partial charge in [-0.05, 0) is 37.8 Å². The van der Waals surface area contributed by atoms with Crippen LogP contribution in [0.25, 0.3) is 10.9 Å². The van der Waals surface area contributed by atoms with Gasteiger partial charge in [0.1, 0.15) is 12.4 Å². The predicted molar refractivity (Wildman–Crippen MR) is 93.9 cm³/mol. The maximum absolute atomic E-state index is 12.5. The monoisotopic (exact) mass is 322 g/mol. The van der Waals surface area contributed by atoms with E-state index in [0.717, 1.165) is 42.1 Å². The van der Waals surface area contributed by atoms with E-state index in [9.17, 15) is 4.79 Å². The van der Waals surface area contributed by atoms with Crippen molar-refractivity contribution in [1.29, 1.82) is 0 Å². The molecule has 4 rings (SSSR count). The Morgan fingerprint density at radius 1 is 1.33 bits per heavy atom. The highest BCUT2D eigenvalue weighted by molar-refractivity contribution is 5.84. The van der Waals surface area contributed by atoms with Crippen LogP contribution in [0.15, 0.2) is 36.5 Å². The second kappa shape index (κ2) is 5.82. The molecule has 0 radical (unpaired) electrons. The molecule has 5 nitrogen and oxygen atoms in total. The Hall–Kier alpha value is -2.56. The quantitative estimate of drug-likeness (QED) is 0.806. The number of amides is 1. The molecule has 0 bridgehead atoms. The van der Waals surface area contributed by atoms with Gasteiger partial charge in [0.2, 0.25) is 5.91 Å². The number of carbonyl (C=O) groups excluding carboxylic acids is 1. The third-order valence-electron chi connectivity index (χ3n) is 4.80. The average molecular weight is 322 g/mol. The minimum Gasteiger partial charge on any atom is -0.350 e. The smallest absolute Gasteiger partial charge is 0.240 e.